The van der Waals surface area contributed by atoms with Crippen molar-refractivity contribution in [3.8, 4) is 45.3 Å². The van der Waals surface area contributed by atoms with Gasteiger partial charge < -0.3 is 0 Å². The molecule has 9 aromatic carbocycles. The van der Waals surface area contributed by atoms with Crippen LogP contribution in [-0.2, 0) is 0 Å². The van der Waals surface area contributed by atoms with Crippen LogP contribution in [0.1, 0.15) is 0 Å². The molecule has 10 aromatic rings. The van der Waals surface area contributed by atoms with Crippen molar-refractivity contribution in [2.75, 3.05) is 0 Å². The predicted octanol–water partition coefficient (Wildman–Crippen LogP) is 12.3. The van der Waals surface area contributed by atoms with Crippen LogP contribution in [0.25, 0.3) is 99.2 Å². The molecule has 10 rings (SSSR count). The minimum atomic E-state index is 0.648. The van der Waals surface area contributed by atoms with E-state index in [0.717, 1.165) is 22.3 Å². The second-order valence-electron chi connectivity index (χ2n) is 12.8. The fraction of sp³-hybridized carbons (Fsp3) is 0. The molecule has 0 aliphatic rings. The van der Waals surface area contributed by atoms with Gasteiger partial charge in [0.15, 0.2) is 17.5 Å². The summed E-state index contributed by atoms with van der Waals surface area (Å²) in [7, 11) is 0. The molecule has 1 aromatic heterocycles. The van der Waals surface area contributed by atoms with Gasteiger partial charge >= 0.3 is 0 Å². The number of fused-ring (bicyclic) bond motifs is 5. The lowest BCUT2D eigenvalue weighted by molar-refractivity contribution is 1.07. The molecule has 0 bridgehead atoms. The molecule has 50 heavy (non-hydrogen) atoms. The van der Waals surface area contributed by atoms with Gasteiger partial charge in [-0.05, 0) is 65.0 Å². The van der Waals surface area contributed by atoms with E-state index < -0.39 is 0 Å². The van der Waals surface area contributed by atoms with Crippen LogP contribution >= 0.6 is 0 Å². The first-order chi connectivity index (χ1) is 24.8. The first-order valence-electron chi connectivity index (χ1n) is 17.0. The lowest BCUT2D eigenvalue weighted by Gasteiger charge is -2.16. The molecule has 0 N–H and O–H groups in total. The lowest BCUT2D eigenvalue weighted by Crippen LogP contribution is -2.00. The smallest absolute Gasteiger partial charge is 0.164 e. The summed E-state index contributed by atoms with van der Waals surface area (Å²) in [5, 5.41) is 12.6. The van der Waals surface area contributed by atoms with Gasteiger partial charge in [0.05, 0.1) is 0 Å². The zero-order valence-electron chi connectivity index (χ0n) is 27.1. The van der Waals surface area contributed by atoms with Gasteiger partial charge in [-0.3, -0.25) is 0 Å². The number of aromatic nitrogens is 3. The van der Waals surface area contributed by atoms with Crippen LogP contribution in [0.4, 0.5) is 0 Å². The average molecular weight is 636 g/mol. The van der Waals surface area contributed by atoms with Crippen LogP contribution in [0.3, 0.4) is 0 Å². The van der Waals surface area contributed by atoms with Crippen LogP contribution in [0.15, 0.2) is 176 Å². The molecule has 0 saturated heterocycles. The third kappa shape index (κ3) is 4.56. The van der Waals surface area contributed by atoms with Gasteiger partial charge in [0.2, 0.25) is 0 Å². The molecule has 0 amide bonds. The third-order valence-corrected chi connectivity index (χ3v) is 9.88. The highest BCUT2D eigenvalue weighted by molar-refractivity contribution is 6.34. The standard InChI is InChI=1S/C47H29N3/c1-3-12-33(13-4-1)45-48-46(34-14-5-2-6-15-34)50-47(49-45)35-28-24-30(25-29-35)36-20-11-23-41-40-22-10-17-32-27-26-31-16-9-21-38(42(31)43(32)40)37-18-7-8-19-39(37)44(36)41/h1-29H. The molecule has 3 heteroatoms. The summed E-state index contributed by atoms with van der Waals surface area (Å²) >= 11 is 0. The van der Waals surface area contributed by atoms with E-state index in [4.69, 9.17) is 15.0 Å². The second kappa shape index (κ2) is 11.5. The predicted molar refractivity (Wildman–Crippen MR) is 209 cm³/mol. The summed E-state index contributed by atoms with van der Waals surface area (Å²) in [5.41, 5.74) is 5.18. The van der Waals surface area contributed by atoms with Crippen molar-refractivity contribution in [1.82, 2.24) is 15.0 Å². The summed E-state index contributed by atoms with van der Waals surface area (Å²) in [6.45, 7) is 0. The van der Waals surface area contributed by atoms with E-state index in [9.17, 15) is 0 Å². The number of hydrogen-bond acceptors (Lipinski definition) is 3. The van der Waals surface area contributed by atoms with Crippen molar-refractivity contribution in [1.29, 1.82) is 0 Å². The Balaban J connectivity index is 1.21. The Labute approximate surface area is 289 Å². The van der Waals surface area contributed by atoms with Gasteiger partial charge in [-0.1, -0.05) is 176 Å². The highest BCUT2D eigenvalue weighted by Crippen LogP contribution is 2.42. The molecule has 232 valence electrons. The van der Waals surface area contributed by atoms with Gasteiger partial charge in [-0.2, -0.15) is 0 Å². The Morgan fingerprint density at radius 3 is 1.18 bits per heavy atom. The highest BCUT2D eigenvalue weighted by atomic mass is 15.0. The van der Waals surface area contributed by atoms with Gasteiger partial charge in [0.25, 0.3) is 0 Å². The Bertz CT molecular complexity index is 2840. The van der Waals surface area contributed by atoms with Crippen molar-refractivity contribution < 1.29 is 0 Å². The summed E-state index contributed by atoms with van der Waals surface area (Å²) in [4.78, 5) is 14.8. The van der Waals surface area contributed by atoms with E-state index in [0.29, 0.717) is 17.5 Å². The Morgan fingerprint density at radius 1 is 0.240 bits per heavy atom. The van der Waals surface area contributed by atoms with Gasteiger partial charge in [0, 0.05) is 16.7 Å². The number of nitrogens with zero attached hydrogens (tertiary/aromatic N) is 3. The van der Waals surface area contributed by atoms with Crippen molar-refractivity contribution in [3.63, 3.8) is 0 Å². The molecule has 0 radical (unpaired) electrons. The van der Waals surface area contributed by atoms with Gasteiger partial charge in [0.1, 0.15) is 0 Å². The molecule has 0 aliphatic heterocycles. The first kappa shape index (κ1) is 28.3. The summed E-state index contributed by atoms with van der Waals surface area (Å²) in [6.07, 6.45) is 0. The maximum atomic E-state index is 4.96. The normalized spacial score (nSPS) is 11.6. The molecule has 0 saturated carbocycles. The van der Waals surface area contributed by atoms with Crippen LogP contribution in [-0.4, -0.2) is 15.0 Å². The van der Waals surface area contributed by atoms with E-state index in [1.165, 1.54) is 59.4 Å². The van der Waals surface area contributed by atoms with Crippen LogP contribution in [0, 0.1) is 0 Å². The monoisotopic (exact) mass is 635 g/mol. The lowest BCUT2D eigenvalue weighted by atomic mass is 9.88. The number of hydrogen-bond donors (Lipinski definition) is 0. The summed E-state index contributed by atoms with van der Waals surface area (Å²) in [6, 6.07) is 62.4. The maximum absolute atomic E-state index is 4.96. The molecule has 0 atom stereocenters. The van der Waals surface area contributed by atoms with Crippen LogP contribution in [0.2, 0.25) is 0 Å². The maximum Gasteiger partial charge on any atom is 0.164 e. The third-order valence-electron chi connectivity index (χ3n) is 9.88. The zero-order valence-corrected chi connectivity index (χ0v) is 27.1. The molecule has 0 spiro atoms. The van der Waals surface area contributed by atoms with E-state index in [-0.39, 0.29) is 0 Å². The molecule has 3 nitrogen and oxygen atoms in total. The molecule has 1 heterocycles. The van der Waals surface area contributed by atoms with Gasteiger partial charge in [-0.15, -0.1) is 0 Å². The minimum Gasteiger partial charge on any atom is -0.208 e. The first-order valence-corrected chi connectivity index (χ1v) is 17.0. The van der Waals surface area contributed by atoms with E-state index in [1.54, 1.807) is 0 Å². The molecular formula is C47H29N3. The second-order valence-corrected chi connectivity index (χ2v) is 12.8. The van der Waals surface area contributed by atoms with Crippen molar-refractivity contribution >= 4 is 53.9 Å². The SMILES string of the molecule is c1ccc(-c2nc(-c3ccccc3)nc(-c3ccc(-c4cccc5c6cccc7ccc8cccc(c9ccccc9c45)c8c76)cc3)n2)cc1. The summed E-state index contributed by atoms with van der Waals surface area (Å²) in [5.74, 6) is 1.96. The Kier molecular flexibility index (Phi) is 6.49. The van der Waals surface area contributed by atoms with E-state index >= 15 is 0 Å². The van der Waals surface area contributed by atoms with Crippen LogP contribution < -0.4 is 0 Å². The van der Waals surface area contributed by atoms with Crippen molar-refractivity contribution in [2.45, 2.75) is 0 Å². The van der Waals surface area contributed by atoms with E-state index in [2.05, 4.69) is 115 Å². The van der Waals surface area contributed by atoms with Crippen molar-refractivity contribution in [3.05, 3.63) is 176 Å². The average Bonchev–Trinajstić information content (AvgIpc) is 3.20. The quantitative estimate of drug-likeness (QED) is 0.181. The highest BCUT2D eigenvalue weighted by Gasteiger charge is 2.16. The topological polar surface area (TPSA) is 38.7 Å². The fourth-order valence-electron chi connectivity index (χ4n) is 7.58. The number of benzene rings is 8. The largest absolute Gasteiger partial charge is 0.208 e. The molecular weight excluding hydrogens is 607 g/mol. The molecule has 0 unspecified atom stereocenters. The van der Waals surface area contributed by atoms with Crippen molar-refractivity contribution in [2.24, 2.45) is 0 Å². The van der Waals surface area contributed by atoms with Gasteiger partial charge in [-0.25, -0.2) is 15.0 Å². The zero-order chi connectivity index (χ0) is 33.0. The van der Waals surface area contributed by atoms with Crippen LogP contribution in [0.5, 0.6) is 0 Å². The molecule has 0 fully saturated rings. The minimum absolute atomic E-state index is 0.648. The Morgan fingerprint density at radius 2 is 0.620 bits per heavy atom. The number of rotatable bonds is 4. The Hall–Kier alpha value is -6.71. The van der Waals surface area contributed by atoms with E-state index in [1.807, 2.05) is 60.7 Å². The molecule has 0 aliphatic carbocycles. The fourth-order valence-corrected chi connectivity index (χ4v) is 7.58. The summed E-state index contributed by atoms with van der Waals surface area (Å²) < 4.78 is 0.